The lowest BCUT2D eigenvalue weighted by Crippen LogP contribution is -2.28. The average Bonchev–Trinajstić information content (AvgIpc) is 2.37. The molecule has 0 saturated carbocycles. The number of hydrogen-bond acceptors (Lipinski definition) is 3. The third kappa shape index (κ3) is 2.81. The molecule has 70 valence electrons. The van der Waals surface area contributed by atoms with Crippen molar-refractivity contribution in [1.29, 1.82) is 0 Å². The molecule has 0 aliphatic heterocycles. The second-order valence-corrected chi connectivity index (χ2v) is 2.60. The molecule has 0 radical (unpaired) electrons. The predicted octanol–water partition coefficient (Wildman–Crippen LogP) is -0.296. The molecule has 1 atom stereocenters. The van der Waals surface area contributed by atoms with Crippen molar-refractivity contribution in [2.45, 2.75) is 12.5 Å². The molecule has 0 aromatic carbocycles. The Labute approximate surface area is 77.8 Å². The number of aromatic nitrogens is 2. The monoisotopic (exact) mass is 191 g/mol. The molecule has 0 fully saturated rings. The number of hydrogen-bond donors (Lipinski definition) is 2. The van der Waals surface area contributed by atoms with E-state index in [-0.39, 0.29) is 25.1 Å². The Balaban J connectivity index is 0.00000121. The third-order valence-electron chi connectivity index (χ3n) is 1.60. The smallest absolute Gasteiger partial charge is 0.110 e. The Bertz CT molecular complexity index is 226. The van der Waals surface area contributed by atoms with Crippen molar-refractivity contribution in [3.63, 3.8) is 0 Å². The Morgan fingerprint density at radius 2 is 2.42 bits per heavy atom. The van der Waals surface area contributed by atoms with Gasteiger partial charge in [0, 0.05) is 31.9 Å². The van der Waals surface area contributed by atoms with E-state index in [2.05, 4.69) is 4.98 Å². The molecule has 0 aliphatic rings. The lowest BCUT2D eigenvalue weighted by Gasteiger charge is -2.06. The highest BCUT2D eigenvalue weighted by molar-refractivity contribution is 5.85. The van der Waals surface area contributed by atoms with Gasteiger partial charge in [0.05, 0.1) is 6.61 Å². The quantitative estimate of drug-likeness (QED) is 0.690. The molecule has 5 heteroatoms. The highest BCUT2D eigenvalue weighted by Gasteiger charge is 2.05. The van der Waals surface area contributed by atoms with E-state index in [1.54, 1.807) is 6.20 Å². The van der Waals surface area contributed by atoms with Crippen LogP contribution in [0.2, 0.25) is 0 Å². The van der Waals surface area contributed by atoms with Crippen molar-refractivity contribution < 1.29 is 5.11 Å². The van der Waals surface area contributed by atoms with Crippen LogP contribution in [0.25, 0.3) is 0 Å². The molecule has 1 rings (SSSR count). The van der Waals surface area contributed by atoms with Crippen molar-refractivity contribution in [3.05, 3.63) is 18.2 Å². The molecule has 1 aromatic heterocycles. The largest absolute Gasteiger partial charge is 0.395 e. The van der Waals surface area contributed by atoms with Gasteiger partial charge in [-0.3, -0.25) is 0 Å². The zero-order valence-corrected chi connectivity index (χ0v) is 7.79. The van der Waals surface area contributed by atoms with Gasteiger partial charge < -0.3 is 15.4 Å². The maximum absolute atomic E-state index is 8.66. The van der Waals surface area contributed by atoms with Gasteiger partial charge in [0.1, 0.15) is 5.82 Å². The second-order valence-electron chi connectivity index (χ2n) is 2.60. The van der Waals surface area contributed by atoms with Crippen LogP contribution in [0.15, 0.2) is 12.4 Å². The molecule has 12 heavy (non-hydrogen) atoms. The summed E-state index contributed by atoms with van der Waals surface area (Å²) in [5, 5.41) is 8.66. The van der Waals surface area contributed by atoms with Crippen LogP contribution < -0.4 is 5.73 Å². The van der Waals surface area contributed by atoms with E-state index in [0.717, 1.165) is 5.82 Å². The Hall–Kier alpha value is -0.580. The number of aryl methyl sites for hydroxylation is 1. The molecule has 1 aromatic rings. The van der Waals surface area contributed by atoms with Crippen LogP contribution in [0.5, 0.6) is 0 Å². The first-order chi connectivity index (χ1) is 5.24. The molecular formula is C7H14ClN3O. The number of rotatable bonds is 3. The van der Waals surface area contributed by atoms with Gasteiger partial charge in [-0.1, -0.05) is 0 Å². The molecular weight excluding hydrogens is 178 g/mol. The van der Waals surface area contributed by atoms with E-state index in [4.69, 9.17) is 10.8 Å². The summed E-state index contributed by atoms with van der Waals surface area (Å²) < 4.78 is 1.90. The van der Waals surface area contributed by atoms with Gasteiger partial charge in [0.25, 0.3) is 0 Å². The van der Waals surface area contributed by atoms with Crippen LogP contribution in [0.3, 0.4) is 0 Å². The molecule has 0 spiro atoms. The van der Waals surface area contributed by atoms with Crippen molar-refractivity contribution in [2.24, 2.45) is 12.8 Å². The summed E-state index contributed by atoms with van der Waals surface area (Å²) in [6.45, 7) is 0.00681. The number of nitrogens with two attached hydrogens (primary N) is 1. The Kier molecular flexibility index (Phi) is 4.89. The lowest BCUT2D eigenvalue weighted by atomic mass is 10.2. The Morgan fingerprint density at radius 1 is 1.75 bits per heavy atom. The minimum absolute atomic E-state index is 0. The van der Waals surface area contributed by atoms with Crippen LogP contribution in [0, 0.1) is 0 Å². The molecule has 1 heterocycles. The minimum Gasteiger partial charge on any atom is -0.395 e. The van der Waals surface area contributed by atoms with Gasteiger partial charge in [-0.2, -0.15) is 0 Å². The first kappa shape index (κ1) is 11.4. The third-order valence-corrected chi connectivity index (χ3v) is 1.60. The molecule has 0 aliphatic carbocycles. The van der Waals surface area contributed by atoms with E-state index in [1.165, 1.54) is 0 Å². The van der Waals surface area contributed by atoms with Crippen LogP contribution in [0.1, 0.15) is 5.82 Å². The summed E-state index contributed by atoms with van der Waals surface area (Å²) in [6, 6.07) is -0.198. The first-order valence-electron chi connectivity index (χ1n) is 3.56. The van der Waals surface area contributed by atoms with Crippen LogP contribution >= 0.6 is 12.4 Å². The zero-order chi connectivity index (χ0) is 8.27. The maximum Gasteiger partial charge on any atom is 0.110 e. The fraction of sp³-hybridized carbons (Fsp3) is 0.571. The number of aliphatic hydroxyl groups is 1. The normalized spacial score (nSPS) is 12.2. The van der Waals surface area contributed by atoms with Crippen molar-refractivity contribution >= 4 is 12.4 Å². The van der Waals surface area contributed by atoms with Crippen LogP contribution in [-0.2, 0) is 13.5 Å². The number of halogens is 1. The first-order valence-corrected chi connectivity index (χ1v) is 3.56. The Morgan fingerprint density at radius 3 is 2.83 bits per heavy atom. The van der Waals surface area contributed by atoms with Gasteiger partial charge >= 0.3 is 0 Å². The summed E-state index contributed by atoms with van der Waals surface area (Å²) in [6.07, 6.45) is 4.21. The van der Waals surface area contributed by atoms with E-state index >= 15 is 0 Å². The van der Waals surface area contributed by atoms with Crippen molar-refractivity contribution in [3.8, 4) is 0 Å². The summed E-state index contributed by atoms with van der Waals surface area (Å²) in [7, 11) is 1.91. The number of imidazole rings is 1. The van der Waals surface area contributed by atoms with E-state index in [0.29, 0.717) is 6.42 Å². The standard InChI is InChI=1S/C7H13N3O.ClH/c1-10-3-2-9-7(10)4-6(8)5-11;/h2-3,6,11H,4-5,8H2,1H3;1H. The molecule has 0 bridgehead atoms. The van der Waals surface area contributed by atoms with Gasteiger partial charge in [-0.25, -0.2) is 4.98 Å². The van der Waals surface area contributed by atoms with Crippen LogP contribution in [-0.4, -0.2) is 27.3 Å². The summed E-state index contributed by atoms with van der Waals surface area (Å²) in [5.74, 6) is 0.909. The number of aliphatic hydroxyl groups excluding tert-OH is 1. The molecule has 0 saturated heterocycles. The average molecular weight is 192 g/mol. The minimum atomic E-state index is -0.198. The summed E-state index contributed by atoms with van der Waals surface area (Å²) in [4.78, 5) is 4.08. The van der Waals surface area contributed by atoms with E-state index < -0.39 is 0 Å². The maximum atomic E-state index is 8.66. The SMILES string of the molecule is Cl.Cn1ccnc1CC(N)CO. The molecule has 4 nitrogen and oxygen atoms in total. The van der Waals surface area contributed by atoms with E-state index in [9.17, 15) is 0 Å². The fourth-order valence-corrected chi connectivity index (χ4v) is 0.892. The highest BCUT2D eigenvalue weighted by Crippen LogP contribution is 1.97. The highest BCUT2D eigenvalue weighted by atomic mass is 35.5. The summed E-state index contributed by atoms with van der Waals surface area (Å²) in [5.41, 5.74) is 5.53. The summed E-state index contributed by atoms with van der Waals surface area (Å²) >= 11 is 0. The second kappa shape index (κ2) is 5.13. The topological polar surface area (TPSA) is 64.1 Å². The van der Waals surface area contributed by atoms with Crippen molar-refractivity contribution in [1.82, 2.24) is 9.55 Å². The lowest BCUT2D eigenvalue weighted by molar-refractivity contribution is 0.263. The molecule has 0 amide bonds. The van der Waals surface area contributed by atoms with Gasteiger partial charge in [0.2, 0.25) is 0 Å². The van der Waals surface area contributed by atoms with E-state index in [1.807, 2.05) is 17.8 Å². The van der Waals surface area contributed by atoms with Crippen LogP contribution in [0.4, 0.5) is 0 Å². The van der Waals surface area contributed by atoms with Crippen molar-refractivity contribution in [2.75, 3.05) is 6.61 Å². The zero-order valence-electron chi connectivity index (χ0n) is 6.97. The number of nitrogens with zero attached hydrogens (tertiary/aromatic N) is 2. The van der Waals surface area contributed by atoms with Gasteiger partial charge in [-0.15, -0.1) is 12.4 Å². The molecule has 3 N–H and O–H groups in total. The van der Waals surface area contributed by atoms with Gasteiger partial charge in [0.15, 0.2) is 0 Å². The fourth-order valence-electron chi connectivity index (χ4n) is 0.892. The predicted molar refractivity (Wildman–Crippen MR) is 49.2 cm³/mol. The van der Waals surface area contributed by atoms with Gasteiger partial charge in [-0.05, 0) is 0 Å². The molecule has 1 unspecified atom stereocenters.